The van der Waals surface area contributed by atoms with Crippen molar-refractivity contribution in [1.29, 1.82) is 0 Å². The highest BCUT2D eigenvalue weighted by molar-refractivity contribution is 7.92. The predicted octanol–water partition coefficient (Wildman–Crippen LogP) is 3.65. The van der Waals surface area contributed by atoms with E-state index < -0.39 is 32.2 Å². The molecule has 0 aliphatic rings. The van der Waals surface area contributed by atoms with Gasteiger partial charge < -0.3 is 5.73 Å². The maximum atomic E-state index is 13.5. The van der Waals surface area contributed by atoms with Gasteiger partial charge in [0.05, 0.1) is 21.4 Å². The van der Waals surface area contributed by atoms with Gasteiger partial charge in [-0.25, -0.2) is 17.2 Å². The van der Waals surface area contributed by atoms with Crippen molar-refractivity contribution >= 4 is 44.6 Å². The third kappa shape index (κ3) is 3.20. The fourth-order valence-corrected chi connectivity index (χ4v) is 3.36. The molecule has 0 heterocycles. The Morgan fingerprint density at radius 3 is 2.43 bits per heavy atom. The molecule has 0 aliphatic carbocycles. The second kappa shape index (κ2) is 5.67. The summed E-state index contributed by atoms with van der Waals surface area (Å²) in [6.45, 7) is 0. The summed E-state index contributed by atoms with van der Waals surface area (Å²) in [5.41, 5.74) is 4.87. The number of halogens is 4. The number of benzene rings is 2. The molecule has 0 saturated heterocycles. The standard InChI is InChI=1S/C12H8Cl2F2N2O2S/c13-7-2-4-10(11(14)12(7)17)21(19,20)18-9-5-6(15)1-3-8(9)16/h1-5,18H,17H2. The smallest absolute Gasteiger partial charge is 0.263 e. The zero-order valence-corrected chi connectivity index (χ0v) is 12.5. The van der Waals surface area contributed by atoms with E-state index in [-0.39, 0.29) is 15.7 Å². The predicted molar refractivity (Wildman–Crippen MR) is 78.0 cm³/mol. The molecule has 0 amide bonds. The molecule has 0 radical (unpaired) electrons. The van der Waals surface area contributed by atoms with Crippen LogP contribution in [0.1, 0.15) is 0 Å². The Morgan fingerprint density at radius 1 is 1.10 bits per heavy atom. The molecule has 9 heteroatoms. The van der Waals surface area contributed by atoms with Crippen molar-refractivity contribution < 1.29 is 17.2 Å². The third-order valence-electron chi connectivity index (χ3n) is 2.55. The van der Waals surface area contributed by atoms with Crippen LogP contribution in [0.2, 0.25) is 10.0 Å². The lowest BCUT2D eigenvalue weighted by Gasteiger charge is -2.12. The largest absolute Gasteiger partial charge is 0.396 e. The van der Waals surface area contributed by atoms with E-state index in [1.54, 1.807) is 0 Å². The molecular weight excluding hydrogens is 345 g/mol. The van der Waals surface area contributed by atoms with Gasteiger partial charge in [0.25, 0.3) is 10.0 Å². The highest BCUT2D eigenvalue weighted by atomic mass is 35.5. The van der Waals surface area contributed by atoms with Gasteiger partial charge in [0.2, 0.25) is 0 Å². The Hall–Kier alpha value is -1.57. The maximum absolute atomic E-state index is 13.5. The first-order valence-electron chi connectivity index (χ1n) is 5.43. The lowest BCUT2D eigenvalue weighted by atomic mass is 10.3. The Labute approximate surface area is 129 Å². The summed E-state index contributed by atoms with van der Waals surface area (Å²) in [5, 5.41) is -0.220. The van der Waals surface area contributed by atoms with E-state index >= 15 is 0 Å². The van der Waals surface area contributed by atoms with Crippen LogP contribution >= 0.6 is 23.2 Å². The van der Waals surface area contributed by atoms with E-state index in [0.29, 0.717) is 6.07 Å². The molecule has 4 nitrogen and oxygen atoms in total. The van der Waals surface area contributed by atoms with E-state index in [4.69, 9.17) is 28.9 Å². The van der Waals surface area contributed by atoms with Crippen LogP contribution in [-0.4, -0.2) is 8.42 Å². The van der Waals surface area contributed by atoms with Crippen molar-refractivity contribution in [2.75, 3.05) is 10.5 Å². The Bertz CT molecular complexity index is 813. The molecule has 0 aromatic heterocycles. The molecule has 2 aromatic rings. The van der Waals surface area contributed by atoms with Gasteiger partial charge in [0, 0.05) is 6.07 Å². The van der Waals surface area contributed by atoms with Gasteiger partial charge in [0.15, 0.2) is 0 Å². The van der Waals surface area contributed by atoms with Crippen molar-refractivity contribution in [2.24, 2.45) is 0 Å². The van der Waals surface area contributed by atoms with Crippen LogP contribution in [0.15, 0.2) is 35.2 Å². The van der Waals surface area contributed by atoms with Crippen LogP contribution < -0.4 is 10.5 Å². The fourth-order valence-electron chi connectivity index (χ4n) is 1.53. The number of nitrogens with one attached hydrogen (secondary N) is 1. The van der Waals surface area contributed by atoms with E-state index in [9.17, 15) is 17.2 Å². The van der Waals surface area contributed by atoms with E-state index in [1.165, 1.54) is 6.07 Å². The molecule has 0 saturated carbocycles. The number of sulfonamides is 1. The second-order valence-corrected chi connectivity index (χ2v) is 6.44. The van der Waals surface area contributed by atoms with Crippen molar-refractivity contribution in [2.45, 2.75) is 4.90 Å². The van der Waals surface area contributed by atoms with Crippen molar-refractivity contribution in [3.05, 3.63) is 52.0 Å². The summed E-state index contributed by atoms with van der Waals surface area (Å²) in [7, 11) is -4.25. The maximum Gasteiger partial charge on any atom is 0.263 e. The number of nitrogen functional groups attached to an aromatic ring is 1. The second-order valence-electron chi connectivity index (χ2n) is 4.00. The van der Waals surface area contributed by atoms with Crippen molar-refractivity contribution in [3.8, 4) is 0 Å². The average Bonchev–Trinajstić information content (AvgIpc) is 2.39. The van der Waals surface area contributed by atoms with E-state index in [0.717, 1.165) is 18.2 Å². The molecule has 0 spiro atoms. The zero-order valence-electron chi connectivity index (χ0n) is 10.2. The summed E-state index contributed by atoms with van der Waals surface area (Å²) in [6.07, 6.45) is 0. The van der Waals surface area contributed by atoms with Gasteiger partial charge >= 0.3 is 0 Å². The Kier molecular flexibility index (Phi) is 4.27. The minimum absolute atomic E-state index is 0.0795. The van der Waals surface area contributed by atoms with Crippen LogP contribution in [0.4, 0.5) is 20.2 Å². The van der Waals surface area contributed by atoms with E-state index in [2.05, 4.69) is 0 Å². The van der Waals surface area contributed by atoms with Gasteiger partial charge in [0.1, 0.15) is 16.5 Å². The summed E-state index contributed by atoms with van der Waals surface area (Å²) >= 11 is 11.5. The molecule has 0 fully saturated rings. The molecule has 3 N–H and O–H groups in total. The number of anilines is 2. The Balaban J connectivity index is 2.49. The highest BCUT2D eigenvalue weighted by Gasteiger charge is 2.22. The molecule has 0 unspecified atom stereocenters. The number of hydrogen-bond acceptors (Lipinski definition) is 3. The van der Waals surface area contributed by atoms with Crippen LogP contribution in [-0.2, 0) is 10.0 Å². The monoisotopic (exact) mass is 352 g/mol. The van der Waals surface area contributed by atoms with Crippen LogP contribution in [0.25, 0.3) is 0 Å². The Morgan fingerprint density at radius 2 is 1.76 bits per heavy atom. The summed E-state index contributed by atoms with van der Waals surface area (Å²) in [5.74, 6) is -1.73. The number of hydrogen-bond donors (Lipinski definition) is 2. The molecule has 112 valence electrons. The number of nitrogens with two attached hydrogens (primary N) is 1. The van der Waals surface area contributed by atoms with Gasteiger partial charge in [-0.3, -0.25) is 4.72 Å². The number of rotatable bonds is 3. The quantitative estimate of drug-likeness (QED) is 0.828. The molecular formula is C12H8Cl2F2N2O2S. The molecule has 0 atom stereocenters. The zero-order chi connectivity index (χ0) is 15.8. The molecule has 0 aliphatic heterocycles. The summed E-state index contributed by atoms with van der Waals surface area (Å²) in [4.78, 5) is -0.394. The van der Waals surface area contributed by atoms with Crippen molar-refractivity contribution in [1.82, 2.24) is 0 Å². The van der Waals surface area contributed by atoms with Gasteiger partial charge in [-0.2, -0.15) is 0 Å². The molecule has 2 aromatic carbocycles. The topological polar surface area (TPSA) is 72.2 Å². The van der Waals surface area contributed by atoms with Crippen LogP contribution in [0, 0.1) is 11.6 Å². The normalized spacial score (nSPS) is 11.4. The molecule has 2 rings (SSSR count). The SMILES string of the molecule is Nc1c(Cl)ccc(S(=O)(=O)Nc2cc(F)ccc2F)c1Cl. The lowest BCUT2D eigenvalue weighted by molar-refractivity contribution is 0.594. The van der Waals surface area contributed by atoms with Crippen molar-refractivity contribution in [3.63, 3.8) is 0 Å². The minimum Gasteiger partial charge on any atom is -0.396 e. The van der Waals surface area contributed by atoms with Gasteiger partial charge in [-0.15, -0.1) is 0 Å². The van der Waals surface area contributed by atoms with Crippen LogP contribution in [0.3, 0.4) is 0 Å². The van der Waals surface area contributed by atoms with Crippen LogP contribution in [0.5, 0.6) is 0 Å². The third-order valence-corrected chi connectivity index (χ3v) is 4.81. The first-order valence-corrected chi connectivity index (χ1v) is 7.67. The first kappa shape index (κ1) is 15.8. The molecule has 0 bridgehead atoms. The van der Waals surface area contributed by atoms with Gasteiger partial charge in [-0.1, -0.05) is 23.2 Å². The van der Waals surface area contributed by atoms with Gasteiger partial charge in [-0.05, 0) is 24.3 Å². The minimum atomic E-state index is -4.25. The molecule has 21 heavy (non-hydrogen) atoms. The lowest BCUT2D eigenvalue weighted by Crippen LogP contribution is -2.15. The average molecular weight is 353 g/mol. The summed E-state index contributed by atoms with van der Waals surface area (Å²) in [6, 6.07) is 4.71. The fraction of sp³-hybridized carbons (Fsp3) is 0. The first-order chi connectivity index (χ1) is 9.72. The highest BCUT2D eigenvalue weighted by Crippen LogP contribution is 2.34. The van der Waals surface area contributed by atoms with E-state index in [1.807, 2.05) is 4.72 Å². The summed E-state index contributed by atoms with van der Waals surface area (Å²) < 4.78 is 52.8.